The SMILES string of the molecule is COc1cc(C)c(CN2CCN(C(=S)NC3CC3)CC2)cc1OC. The van der Waals surface area contributed by atoms with Crippen LogP contribution >= 0.6 is 12.2 Å². The summed E-state index contributed by atoms with van der Waals surface area (Å²) in [6.45, 7) is 7.10. The molecule has 6 heteroatoms. The molecule has 3 rings (SSSR count). The van der Waals surface area contributed by atoms with Crippen LogP contribution in [0.4, 0.5) is 0 Å². The third-order valence-corrected chi connectivity index (χ3v) is 5.18. The molecule has 0 bridgehead atoms. The van der Waals surface area contributed by atoms with Crippen molar-refractivity contribution in [2.75, 3.05) is 40.4 Å². The van der Waals surface area contributed by atoms with Gasteiger partial charge >= 0.3 is 0 Å². The smallest absolute Gasteiger partial charge is 0.169 e. The molecule has 1 saturated heterocycles. The van der Waals surface area contributed by atoms with Crippen LogP contribution < -0.4 is 14.8 Å². The fraction of sp³-hybridized carbons (Fsp3) is 0.611. The first-order chi connectivity index (χ1) is 11.6. The third kappa shape index (κ3) is 4.11. The maximum atomic E-state index is 5.51. The monoisotopic (exact) mass is 349 g/mol. The summed E-state index contributed by atoms with van der Waals surface area (Å²) in [5, 5.41) is 4.36. The highest BCUT2D eigenvalue weighted by molar-refractivity contribution is 7.80. The van der Waals surface area contributed by atoms with E-state index in [1.54, 1.807) is 14.2 Å². The fourth-order valence-corrected chi connectivity index (χ4v) is 3.39. The zero-order valence-corrected chi connectivity index (χ0v) is 15.6. The molecule has 0 spiro atoms. The van der Waals surface area contributed by atoms with Crippen LogP contribution in [-0.4, -0.2) is 61.4 Å². The van der Waals surface area contributed by atoms with Gasteiger partial charge in [-0.15, -0.1) is 0 Å². The van der Waals surface area contributed by atoms with Gasteiger partial charge in [0.25, 0.3) is 0 Å². The highest BCUT2D eigenvalue weighted by atomic mass is 32.1. The van der Waals surface area contributed by atoms with Crippen LogP contribution in [0.1, 0.15) is 24.0 Å². The van der Waals surface area contributed by atoms with E-state index in [1.165, 1.54) is 24.0 Å². The maximum absolute atomic E-state index is 5.51. The second-order valence-corrected chi connectivity index (χ2v) is 7.01. The van der Waals surface area contributed by atoms with Gasteiger partial charge in [0.15, 0.2) is 16.6 Å². The molecule has 1 N–H and O–H groups in total. The highest BCUT2D eigenvalue weighted by Gasteiger charge is 2.26. The van der Waals surface area contributed by atoms with E-state index in [-0.39, 0.29) is 0 Å². The number of nitrogens with one attached hydrogen (secondary N) is 1. The molecule has 0 amide bonds. The predicted octanol–water partition coefficient (Wildman–Crippen LogP) is 2.17. The molecule has 1 heterocycles. The summed E-state index contributed by atoms with van der Waals surface area (Å²) in [7, 11) is 3.36. The Kier molecular flexibility index (Phi) is 5.46. The van der Waals surface area contributed by atoms with E-state index in [9.17, 15) is 0 Å². The summed E-state index contributed by atoms with van der Waals surface area (Å²) < 4.78 is 10.8. The van der Waals surface area contributed by atoms with Crippen molar-refractivity contribution in [1.29, 1.82) is 0 Å². The average Bonchev–Trinajstić information content (AvgIpc) is 3.40. The summed E-state index contributed by atoms with van der Waals surface area (Å²) in [5.41, 5.74) is 2.53. The van der Waals surface area contributed by atoms with E-state index in [2.05, 4.69) is 34.2 Å². The molecule has 1 aromatic rings. The number of piperazine rings is 1. The van der Waals surface area contributed by atoms with Crippen LogP contribution in [0, 0.1) is 6.92 Å². The van der Waals surface area contributed by atoms with E-state index in [1.807, 2.05) is 0 Å². The predicted molar refractivity (Wildman–Crippen MR) is 99.9 cm³/mol. The van der Waals surface area contributed by atoms with E-state index in [0.717, 1.165) is 49.3 Å². The molecule has 5 nitrogen and oxygen atoms in total. The van der Waals surface area contributed by atoms with Crippen molar-refractivity contribution in [1.82, 2.24) is 15.1 Å². The summed E-state index contributed by atoms with van der Waals surface area (Å²) in [6, 6.07) is 4.78. The van der Waals surface area contributed by atoms with E-state index in [4.69, 9.17) is 21.7 Å². The standard InChI is InChI=1S/C18H27N3O2S/c1-13-10-16(22-2)17(23-3)11-14(13)12-20-6-8-21(9-7-20)18(24)19-15-4-5-15/h10-11,15H,4-9,12H2,1-3H3,(H,19,24). The van der Waals surface area contributed by atoms with Crippen molar-refractivity contribution in [2.45, 2.75) is 32.4 Å². The largest absolute Gasteiger partial charge is 0.493 e. The molecule has 1 aromatic carbocycles. The minimum atomic E-state index is 0.630. The second kappa shape index (κ2) is 7.57. The number of benzene rings is 1. The van der Waals surface area contributed by atoms with Gasteiger partial charge in [0.1, 0.15) is 0 Å². The van der Waals surface area contributed by atoms with Crippen LogP contribution in [-0.2, 0) is 6.54 Å². The molecule has 1 aliphatic heterocycles. The highest BCUT2D eigenvalue weighted by Crippen LogP contribution is 2.31. The second-order valence-electron chi connectivity index (χ2n) is 6.62. The van der Waals surface area contributed by atoms with Gasteiger partial charge in [-0.05, 0) is 55.2 Å². The molecule has 1 saturated carbocycles. The normalized spacial score (nSPS) is 18.4. The maximum Gasteiger partial charge on any atom is 0.169 e. The Hall–Kier alpha value is -1.53. The van der Waals surface area contributed by atoms with Crippen LogP contribution in [0.25, 0.3) is 0 Å². The quantitative estimate of drug-likeness (QED) is 0.821. The molecule has 0 unspecified atom stereocenters. The Morgan fingerprint density at radius 1 is 1.12 bits per heavy atom. The van der Waals surface area contributed by atoms with Gasteiger partial charge in [0.05, 0.1) is 14.2 Å². The number of methoxy groups -OCH3 is 2. The van der Waals surface area contributed by atoms with Crippen LogP contribution in [0.3, 0.4) is 0 Å². The molecule has 2 aliphatic rings. The van der Waals surface area contributed by atoms with Crippen LogP contribution in [0.15, 0.2) is 12.1 Å². The van der Waals surface area contributed by atoms with Gasteiger partial charge in [-0.3, -0.25) is 4.90 Å². The number of rotatable bonds is 5. The van der Waals surface area contributed by atoms with Gasteiger partial charge in [-0.25, -0.2) is 0 Å². The Morgan fingerprint density at radius 2 is 1.75 bits per heavy atom. The molecule has 24 heavy (non-hydrogen) atoms. The number of ether oxygens (including phenoxy) is 2. The number of hydrogen-bond donors (Lipinski definition) is 1. The summed E-state index contributed by atoms with van der Waals surface area (Å²) in [6.07, 6.45) is 2.53. The molecule has 1 aliphatic carbocycles. The fourth-order valence-electron chi connectivity index (χ4n) is 3.04. The number of nitrogens with zero attached hydrogens (tertiary/aromatic N) is 2. The van der Waals surface area contributed by atoms with Crippen molar-refractivity contribution in [2.24, 2.45) is 0 Å². The average molecular weight is 350 g/mol. The van der Waals surface area contributed by atoms with Gasteiger partial charge in [-0.1, -0.05) is 0 Å². The first-order valence-corrected chi connectivity index (χ1v) is 9.01. The van der Waals surface area contributed by atoms with Crippen molar-refractivity contribution in [3.05, 3.63) is 23.3 Å². The third-order valence-electron chi connectivity index (χ3n) is 4.80. The lowest BCUT2D eigenvalue weighted by atomic mass is 10.1. The zero-order valence-electron chi connectivity index (χ0n) is 14.8. The molecule has 132 valence electrons. The minimum absolute atomic E-state index is 0.630. The Morgan fingerprint density at radius 3 is 2.33 bits per heavy atom. The van der Waals surface area contributed by atoms with Crippen LogP contribution in [0.5, 0.6) is 11.5 Å². The number of thiocarbonyl (C=S) groups is 1. The van der Waals surface area contributed by atoms with Gasteiger partial charge < -0.3 is 19.7 Å². The first-order valence-electron chi connectivity index (χ1n) is 8.60. The lowest BCUT2D eigenvalue weighted by Gasteiger charge is -2.36. The van der Waals surface area contributed by atoms with Crippen LogP contribution in [0.2, 0.25) is 0 Å². The topological polar surface area (TPSA) is 37.0 Å². The molecular formula is C18H27N3O2S. The molecular weight excluding hydrogens is 322 g/mol. The molecule has 0 atom stereocenters. The zero-order chi connectivity index (χ0) is 17.1. The summed E-state index contributed by atoms with van der Waals surface area (Å²) in [5.74, 6) is 1.59. The molecule has 2 fully saturated rings. The lowest BCUT2D eigenvalue weighted by Crippen LogP contribution is -2.51. The summed E-state index contributed by atoms with van der Waals surface area (Å²) in [4.78, 5) is 4.77. The van der Waals surface area contributed by atoms with Crippen molar-refractivity contribution in [3.8, 4) is 11.5 Å². The number of hydrogen-bond acceptors (Lipinski definition) is 4. The van der Waals surface area contributed by atoms with Crippen molar-refractivity contribution >= 4 is 17.3 Å². The lowest BCUT2D eigenvalue weighted by molar-refractivity contribution is 0.174. The van der Waals surface area contributed by atoms with Crippen molar-refractivity contribution in [3.63, 3.8) is 0 Å². The first kappa shape index (κ1) is 17.3. The Balaban J connectivity index is 1.56. The Bertz CT molecular complexity index is 596. The number of aryl methyl sites for hydroxylation is 1. The van der Waals surface area contributed by atoms with Gasteiger partial charge in [-0.2, -0.15) is 0 Å². The molecule has 0 aromatic heterocycles. The molecule has 0 radical (unpaired) electrons. The summed E-state index contributed by atoms with van der Waals surface area (Å²) >= 11 is 5.51. The minimum Gasteiger partial charge on any atom is -0.493 e. The Labute approximate surface area is 149 Å². The van der Waals surface area contributed by atoms with E-state index >= 15 is 0 Å². The van der Waals surface area contributed by atoms with E-state index in [0.29, 0.717) is 6.04 Å². The van der Waals surface area contributed by atoms with Crippen molar-refractivity contribution < 1.29 is 9.47 Å². The van der Waals surface area contributed by atoms with E-state index < -0.39 is 0 Å². The van der Waals surface area contributed by atoms with Gasteiger partial charge in [0.2, 0.25) is 0 Å². The van der Waals surface area contributed by atoms with Gasteiger partial charge in [0, 0.05) is 38.8 Å².